The number of carboxylic acids is 3. The van der Waals surface area contributed by atoms with E-state index in [-0.39, 0.29) is 12.0 Å². The third-order valence-corrected chi connectivity index (χ3v) is 7.08. The molecule has 23 heteroatoms. The second-order valence-electron chi connectivity index (χ2n) is 10.9. The number of halogens is 10. The van der Waals surface area contributed by atoms with E-state index in [0.717, 1.165) is 11.3 Å². The molecule has 13 nitrogen and oxygen atoms in total. The van der Waals surface area contributed by atoms with Gasteiger partial charge in [-0.3, -0.25) is 9.89 Å². The highest BCUT2D eigenvalue weighted by atomic mass is 19.4. The number of anilines is 2. The van der Waals surface area contributed by atoms with E-state index in [1.165, 1.54) is 11.6 Å². The summed E-state index contributed by atoms with van der Waals surface area (Å²) in [5.41, 5.74) is 4.60. The van der Waals surface area contributed by atoms with Gasteiger partial charge in [-0.15, -0.1) is 0 Å². The van der Waals surface area contributed by atoms with Gasteiger partial charge in [-0.05, 0) is 36.5 Å². The van der Waals surface area contributed by atoms with Gasteiger partial charge in [-0.1, -0.05) is 24.3 Å². The Bertz CT molecular complexity index is 1650. The van der Waals surface area contributed by atoms with Crippen molar-refractivity contribution in [1.29, 1.82) is 0 Å². The number of carbonyl (C=O) groups is 4. The molecule has 0 aliphatic carbocycles. The Labute approximate surface area is 291 Å². The van der Waals surface area contributed by atoms with E-state index in [1.54, 1.807) is 18.5 Å². The quantitative estimate of drug-likeness (QED) is 0.181. The number of alkyl halides is 9. The van der Waals surface area contributed by atoms with Gasteiger partial charge in [0.2, 0.25) is 5.91 Å². The number of benzene rings is 2. The van der Waals surface area contributed by atoms with Crippen molar-refractivity contribution in [3.63, 3.8) is 0 Å². The van der Waals surface area contributed by atoms with E-state index in [0.29, 0.717) is 55.7 Å². The Morgan fingerprint density at radius 2 is 1.30 bits per heavy atom. The fourth-order valence-corrected chi connectivity index (χ4v) is 4.51. The standard InChI is InChI=1S/C24H26FN5O2.3C2HF3O2/c25-20-11-21(29-24(32)22-9-15-3-1-2-4-16(15)12-26-22)23(30-7-5-18(31)6-8-30)10-19(20)17-13-27-28-14-17;3*3-2(4,5)1(6)7/h1-4,10-11,13-14,18,22,26,31H,5-9,12H2,(H,27,28)(H,29,32);3*(H,6,7)/t22-;;;/m1.../s1. The van der Waals surface area contributed by atoms with Crippen LogP contribution >= 0.6 is 0 Å². The molecule has 7 N–H and O–H groups in total. The topological polar surface area (TPSA) is 205 Å². The zero-order valence-electron chi connectivity index (χ0n) is 26.6. The van der Waals surface area contributed by atoms with Gasteiger partial charge in [0.15, 0.2) is 0 Å². The van der Waals surface area contributed by atoms with Gasteiger partial charge in [0, 0.05) is 43.0 Å². The Hall–Kier alpha value is -5.45. The maximum atomic E-state index is 15.0. The third-order valence-electron chi connectivity index (χ3n) is 7.08. The van der Waals surface area contributed by atoms with Crippen molar-refractivity contribution in [1.82, 2.24) is 15.5 Å². The molecule has 0 saturated carbocycles. The third kappa shape index (κ3) is 13.9. The average Bonchev–Trinajstić information content (AvgIpc) is 3.60. The number of aromatic nitrogens is 2. The number of carboxylic acid groups (broad SMARTS) is 3. The molecular weight excluding hydrogens is 748 g/mol. The first-order valence-electron chi connectivity index (χ1n) is 14.7. The number of rotatable bonds is 4. The van der Waals surface area contributed by atoms with Crippen LogP contribution in [0, 0.1) is 5.82 Å². The fourth-order valence-electron chi connectivity index (χ4n) is 4.51. The summed E-state index contributed by atoms with van der Waals surface area (Å²) >= 11 is 0. The number of carbonyl (C=O) groups excluding carboxylic acids is 1. The van der Waals surface area contributed by atoms with Crippen LogP contribution in [0.4, 0.5) is 55.3 Å². The van der Waals surface area contributed by atoms with Gasteiger partial charge in [0.25, 0.3) is 0 Å². The van der Waals surface area contributed by atoms with Crippen molar-refractivity contribution >= 4 is 35.2 Å². The molecule has 0 unspecified atom stereocenters. The summed E-state index contributed by atoms with van der Waals surface area (Å²) in [4.78, 5) is 41.9. The van der Waals surface area contributed by atoms with Crippen LogP contribution in [0.2, 0.25) is 0 Å². The first kappa shape index (κ1) is 43.7. The molecule has 1 aromatic heterocycles. The Morgan fingerprint density at radius 1 is 0.811 bits per heavy atom. The molecule has 3 aromatic rings. The summed E-state index contributed by atoms with van der Waals surface area (Å²) in [6.07, 6.45) is -10.5. The van der Waals surface area contributed by atoms with Crippen LogP contribution < -0.4 is 15.5 Å². The van der Waals surface area contributed by atoms with Crippen molar-refractivity contribution < 1.29 is 83.5 Å². The van der Waals surface area contributed by atoms with E-state index in [1.807, 2.05) is 18.2 Å². The summed E-state index contributed by atoms with van der Waals surface area (Å²) in [5, 5.41) is 44.2. The minimum atomic E-state index is -5.08. The highest BCUT2D eigenvalue weighted by Gasteiger charge is 2.39. The van der Waals surface area contributed by atoms with Gasteiger partial charge >= 0.3 is 36.4 Å². The van der Waals surface area contributed by atoms with E-state index < -0.39 is 48.3 Å². The monoisotopic (exact) mass is 777 g/mol. The number of aromatic amines is 1. The van der Waals surface area contributed by atoms with Gasteiger partial charge in [0.05, 0.1) is 29.7 Å². The lowest BCUT2D eigenvalue weighted by Gasteiger charge is -2.33. The van der Waals surface area contributed by atoms with Crippen molar-refractivity contribution in [3.05, 3.63) is 65.7 Å². The summed E-state index contributed by atoms with van der Waals surface area (Å²) in [6, 6.07) is 10.8. The van der Waals surface area contributed by atoms with Gasteiger partial charge in [-0.25, -0.2) is 18.8 Å². The van der Waals surface area contributed by atoms with E-state index in [9.17, 15) is 49.4 Å². The molecule has 1 saturated heterocycles. The van der Waals surface area contributed by atoms with Crippen LogP contribution in [0.1, 0.15) is 24.0 Å². The Morgan fingerprint density at radius 3 is 1.75 bits per heavy atom. The maximum Gasteiger partial charge on any atom is 0.490 e. The second kappa shape index (κ2) is 18.3. The van der Waals surface area contributed by atoms with Crippen molar-refractivity contribution in [3.8, 4) is 11.1 Å². The largest absolute Gasteiger partial charge is 0.490 e. The lowest BCUT2D eigenvalue weighted by Crippen LogP contribution is -2.45. The molecule has 1 atom stereocenters. The lowest BCUT2D eigenvalue weighted by atomic mass is 9.95. The van der Waals surface area contributed by atoms with Crippen LogP contribution in [0.15, 0.2) is 48.8 Å². The predicted molar refractivity (Wildman–Crippen MR) is 162 cm³/mol. The second-order valence-corrected chi connectivity index (χ2v) is 10.9. The normalized spacial score (nSPS) is 15.9. The number of H-pyrrole nitrogens is 1. The highest BCUT2D eigenvalue weighted by Crippen LogP contribution is 2.36. The Balaban J connectivity index is 0.000000379. The van der Waals surface area contributed by atoms with Gasteiger partial charge in [0.1, 0.15) is 5.82 Å². The first-order valence-corrected chi connectivity index (χ1v) is 14.7. The number of nitrogens with one attached hydrogen (secondary N) is 3. The van der Waals surface area contributed by atoms with E-state index in [2.05, 4.69) is 31.8 Å². The number of piperidine rings is 1. The zero-order chi connectivity index (χ0) is 40.3. The fraction of sp³-hybridized carbons (Fsp3) is 0.367. The lowest BCUT2D eigenvalue weighted by molar-refractivity contribution is -0.193. The molecule has 1 fully saturated rings. The molecule has 2 aliphatic heterocycles. The van der Waals surface area contributed by atoms with Crippen LogP contribution in [0.25, 0.3) is 11.1 Å². The number of aliphatic hydroxyl groups excluding tert-OH is 1. The number of nitrogens with zero attached hydrogens (tertiary/aromatic N) is 2. The molecule has 1 amide bonds. The first-order chi connectivity index (χ1) is 24.4. The molecule has 0 spiro atoms. The smallest absolute Gasteiger partial charge is 0.475 e. The highest BCUT2D eigenvalue weighted by molar-refractivity contribution is 5.99. The zero-order valence-corrected chi connectivity index (χ0v) is 26.6. The molecule has 0 bridgehead atoms. The number of hydrogen-bond acceptors (Lipinski definition) is 8. The van der Waals surface area contributed by atoms with Crippen LogP contribution in [-0.2, 0) is 32.1 Å². The number of fused-ring (bicyclic) bond motifs is 1. The van der Waals surface area contributed by atoms with Crippen LogP contribution in [-0.4, -0.2) is 98.2 Å². The van der Waals surface area contributed by atoms with Crippen LogP contribution in [0.5, 0.6) is 0 Å². The molecule has 2 aromatic carbocycles. The SMILES string of the molecule is O=C(Nc1cc(F)c(-c2cn[nH]c2)cc1N1CCC(O)CC1)[C@H]1Cc2ccccc2CN1.O=C(O)C(F)(F)F.O=C(O)C(F)(F)F.O=C(O)C(F)(F)F. The summed E-state index contributed by atoms with van der Waals surface area (Å²) in [6.45, 7) is 1.89. The molecule has 3 heterocycles. The average molecular weight is 778 g/mol. The predicted octanol–water partition coefficient (Wildman–Crippen LogP) is 4.73. The van der Waals surface area contributed by atoms with Crippen molar-refractivity contribution in [2.45, 2.75) is 56.5 Å². The van der Waals surface area contributed by atoms with E-state index >= 15 is 4.39 Å². The minimum absolute atomic E-state index is 0.187. The number of aliphatic carboxylic acids is 3. The maximum absolute atomic E-state index is 15.0. The summed E-state index contributed by atoms with van der Waals surface area (Å²) in [5.74, 6) is -8.88. The summed E-state index contributed by atoms with van der Waals surface area (Å²) < 4.78 is 110. The number of hydrogen-bond donors (Lipinski definition) is 7. The van der Waals surface area contributed by atoms with Crippen molar-refractivity contribution in [2.75, 3.05) is 23.3 Å². The molecule has 0 radical (unpaired) electrons. The molecular formula is C30H29F10N5O8. The molecule has 53 heavy (non-hydrogen) atoms. The number of aliphatic hydroxyl groups is 1. The molecule has 2 aliphatic rings. The Kier molecular flexibility index (Phi) is 15.1. The number of amides is 1. The van der Waals surface area contributed by atoms with Gasteiger partial charge in [-0.2, -0.15) is 44.6 Å². The van der Waals surface area contributed by atoms with Crippen LogP contribution in [0.3, 0.4) is 0 Å². The molecule has 5 rings (SSSR count). The summed E-state index contributed by atoms with van der Waals surface area (Å²) in [7, 11) is 0. The molecule has 292 valence electrons. The van der Waals surface area contributed by atoms with Crippen molar-refractivity contribution in [2.24, 2.45) is 0 Å². The minimum Gasteiger partial charge on any atom is -0.475 e. The van der Waals surface area contributed by atoms with E-state index in [4.69, 9.17) is 29.7 Å². The van der Waals surface area contributed by atoms with Gasteiger partial charge < -0.3 is 36.0 Å².